The molecule has 1 aromatic rings. The number of nitrogens with zero attached hydrogens (tertiary/aromatic N) is 2. The molecule has 1 saturated heterocycles. The minimum Gasteiger partial charge on any atom is -0.355 e. The van der Waals surface area contributed by atoms with Crippen molar-refractivity contribution < 1.29 is 18.0 Å². The maximum Gasteiger partial charge on any atom is 0.417 e. The molecule has 1 aliphatic heterocycles. The molecule has 0 unspecified atom stereocenters. The average molecular weight is 379 g/mol. The molecule has 2 rings (SSSR count). The number of piperidine rings is 1. The summed E-state index contributed by atoms with van der Waals surface area (Å²) >= 11 is 5.98. The zero-order valence-corrected chi connectivity index (χ0v) is 14.9. The van der Waals surface area contributed by atoms with E-state index in [1.54, 1.807) is 4.90 Å². The molecular weight excluding hydrogens is 357 g/mol. The number of amides is 1. The predicted molar refractivity (Wildman–Crippen MR) is 90.5 cm³/mol. The molecule has 140 valence electrons. The van der Waals surface area contributed by atoms with Crippen LogP contribution in [0.5, 0.6) is 0 Å². The number of nitrogens with one attached hydrogen (secondary N) is 1. The number of anilines is 1. The number of hydrogen-bond donors (Lipinski definition) is 2. The van der Waals surface area contributed by atoms with Gasteiger partial charge in [0, 0.05) is 37.3 Å². The first-order valence-electron chi connectivity index (χ1n) is 8.03. The number of halogens is 4. The van der Waals surface area contributed by atoms with Crippen LogP contribution in [-0.2, 0) is 11.0 Å². The largest absolute Gasteiger partial charge is 0.417 e. The molecule has 0 radical (unpaired) electrons. The Hall–Kier alpha value is -1.54. The molecule has 25 heavy (non-hydrogen) atoms. The van der Waals surface area contributed by atoms with E-state index in [1.165, 1.54) is 0 Å². The van der Waals surface area contributed by atoms with Gasteiger partial charge in [-0.1, -0.05) is 11.6 Å². The highest BCUT2D eigenvalue weighted by atomic mass is 35.5. The van der Waals surface area contributed by atoms with Crippen LogP contribution in [0.25, 0.3) is 0 Å². The lowest BCUT2D eigenvalue weighted by Crippen LogP contribution is -2.52. The molecule has 1 aliphatic rings. The second-order valence-corrected chi connectivity index (χ2v) is 7.27. The number of rotatable bonds is 4. The van der Waals surface area contributed by atoms with Crippen LogP contribution >= 0.6 is 11.6 Å². The van der Waals surface area contributed by atoms with E-state index < -0.39 is 17.3 Å². The van der Waals surface area contributed by atoms with Gasteiger partial charge in [0.05, 0.1) is 10.6 Å². The molecule has 1 aromatic heterocycles. The van der Waals surface area contributed by atoms with Gasteiger partial charge in [-0.3, -0.25) is 4.79 Å². The van der Waals surface area contributed by atoms with Crippen molar-refractivity contribution in [1.82, 2.24) is 10.3 Å². The monoisotopic (exact) mass is 378 g/mol. The zero-order valence-electron chi connectivity index (χ0n) is 14.2. The van der Waals surface area contributed by atoms with E-state index in [4.69, 9.17) is 17.3 Å². The summed E-state index contributed by atoms with van der Waals surface area (Å²) in [6.07, 6.45) is -2.54. The molecule has 0 bridgehead atoms. The highest BCUT2D eigenvalue weighted by molar-refractivity contribution is 6.33. The third kappa shape index (κ3) is 4.98. The maximum absolute atomic E-state index is 12.7. The fourth-order valence-electron chi connectivity index (χ4n) is 2.66. The van der Waals surface area contributed by atoms with Gasteiger partial charge in [-0.2, -0.15) is 13.2 Å². The molecule has 0 saturated carbocycles. The van der Waals surface area contributed by atoms with Gasteiger partial charge in [0.25, 0.3) is 0 Å². The Morgan fingerprint density at radius 3 is 2.48 bits per heavy atom. The van der Waals surface area contributed by atoms with E-state index in [1.807, 2.05) is 13.8 Å². The van der Waals surface area contributed by atoms with Crippen molar-refractivity contribution in [2.24, 2.45) is 11.7 Å². The number of alkyl halides is 3. The molecule has 0 atom stereocenters. The van der Waals surface area contributed by atoms with E-state index in [0.717, 1.165) is 12.3 Å². The summed E-state index contributed by atoms with van der Waals surface area (Å²) in [7, 11) is 0. The normalized spacial score (nSPS) is 16.8. The van der Waals surface area contributed by atoms with Gasteiger partial charge in [0.1, 0.15) is 5.82 Å². The van der Waals surface area contributed by atoms with Crippen LogP contribution in [-0.4, -0.2) is 36.1 Å². The third-order valence-corrected chi connectivity index (χ3v) is 4.56. The molecule has 0 spiro atoms. The van der Waals surface area contributed by atoms with Gasteiger partial charge in [-0.05, 0) is 32.8 Å². The van der Waals surface area contributed by atoms with Gasteiger partial charge in [0.2, 0.25) is 5.91 Å². The van der Waals surface area contributed by atoms with E-state index in [2.05, 4.69) is 10.3 Å². The van der Waals surface area contributed by atoms with Gasteiger partial charge in [-0.25, -0.2) is 4.98 Å². The predicted octanol–water partition coefficient (Wildman–Crippen LogP) is 2.82. The van der Waals surface area contributed by atoms with E-state index in [-0.39, 0.29) is 16.8 Å². The number of carbonyl (C=O) groups excluding carboxylic acids is 1. The second kappa shape index (κ2) is 7.37. The first kappa shape index (κ1) is 19.8. The van der Waals surface area contributed by atoms with Gasteiger partial charge >= 0.3 is 6.18 Å². The van der Waals surface area contributed by atoms with Crippen LogP contribution in [0.3, 0.4) is 0 Å². The van der Waals surface area contributed by atoms with Gasteiger partial charge in [0.15, 0.2) is 0 Å². The molecule has 5 nitrogen and oxygen atoms in total. The molecule has 3 N–H and O–H groups in total. The fraction of sp³-hybridized carbons (Fsp3) is 0.625. The fourth-order valence-corrected chi connectivity index (χ4v) is 2.94. The minimum atomic E-state index is -4.48. The molecule has 0 aromatic carbocycles. The summed E-state index contributed by atoms with van der Waals surface area (Å²) in [4.78, 5) is 18.0. The molecule has 1 amide bonds. The number of nitrogens with two attached hydrogens (primary N) is 1. The van der Waals surface area contributed by atoms with Gasteiger partial charge < -0.3 is 16.0 Å². The average Bonchev–Trinajstić information content (AvgIpc) is 2.53. The SMILES string of the molecule is CC(C)(CN)NC(=O)C1CCN(c2ncc(C(F)(F)F)cc2Cl)CC1. The van der Waals surface area contributed by atoms with Crippen molar-refractivity contribution in [2.75, 3.05) is 24.5 Å². The van der Waals surface area contributed by atoms with Crippen LogP contribution in [0.15, 0.2) is 12.3 Å². The summed E-state index contributed by atoms with van der Waals surface area (Å²) in [5.41, 5.74) is 4.27. The number of hydrogen-bond acceptors (Lipinski definition) is 4. The van der Waals surface area contributed by atoms with Crippen molar-refractivity contribution in [1.29, 1.82) is 0 Å². The van der Waals surface area contributed by atoms with Crippen LogP contribution in [0.2, 0.25) is 5.02 Å². The topological polar surface area (TPSA) is 71.2 Å². The Morgan fingerprint density at radius 1 is 1.40 bits per heavy atom. The summed E-state index contributed by atoms with van der Waals surface area (Å²) in [6, 6.07) is 0.881. The Bertz CT molecular complexity index is 628. The second-order valence-electron chi connectivity index (χ2n) is 6.87. The number of aromatic nitrogens is 1. The third-order valence-electron chi connectivity index (χ3n) is 4.29. The van der Waals surface area contributed by atoms with Crippen LogP contribution in [0.1, 0.15) is 32.3 Å². The smallest absolute Gasteiger partial charge is 0.355 e. The van der Waals surface area contributed by atoms with Crippen molar-refractivity contribution in [3.63, 3.8) is 0 Å². The molecule has 1 fully saturated rings. The van der Waals surface area contributed by atoms with Crippen LogP contribution < -0.4 is 16.0 Å². The Morgan fingerprint density at radius 2 is 2.00 bits per heavy atom. The summed E-state index contributed by atoms with van der Waals surface area (Å²) in [6.45, 7) is 5.04. The molecule has 9 heteroatoms. The summed E-state index contributed by atoms with van der Waals surface area (Å²) < 4.78 is 38.0. The lowest BCUT2D eigenvalue weighted by atomic mass is 9.94. The first-order valence-corrected chi connectivity index (χ1v) is 8.41. The Kier molecular flexibility index (Phi) is 5.83. The highest BCUT2D eigenvalue weighted by Gasteiger charge is 2.33. The van der Waals surface area contributed by atoms with E-state index >= 15 is 0 Å². The van der Waals surface area contributed by atoms with E-state index in [9.17, 15) is 18.0 Å². The summed E-state index contributed by atoms with van der Waals surface area (Å²) in [5.74, 6) is 0.104. The standard InChI is InChI=1S/C16H22ClF3N4O/c1-15(2,9-21)23-14(25)10-3-5-24(6-4-10)13-12(17)7-11(8-22-13)16(18,19)20/h7-8,10H,3-6,9,21H2,1-2H3,(H,23,25). The molecular formula is C16H22ClF3N4O. The zero-order chi connectivity index (χ0) is 18.8. The quantitative estimate of drug-likeness (QED) is 0.845. The lowest BCUT2D eigenvalue weighted by Gasteiger charge is -2.34. The summed E-state index contributed by atoms with van der Waals surface area (Å²) in [5, 5.41) is 2.88. The molecule has 2 heterocycles. The van der Waals surface area contributed by atoms with Crippen LogP contribution in [0, 0.1) is 5.92 Å². The van der Waals surface area contributed by atoms with Crippen LogP contribution in [0.4, 0.5) is 19.0 Å². The Labute approximate surface area is 149 Å². The molecule has 0 aliphatic carbocycles. The van der Waals surface area contributed by atoms with Crippen molar-refractivity contribution in [3.8, 4) is 0 Å². The van der Waals surface area contributed by atoms with Crippen molar-refractivity contribution in [2.45, 2.75) is 38.4 Å². The number of carbonyl (C=O) groups is 1. The number of pyridine rings is 1. The van der Waals surface area contributed by atoms with Gasteiger partial charge in [-0.15, -0.1) is 0 Å². The van der Waals surface area contributed by atoms with Crippen molar-refractivity contribution >= 4 is 23.3 Å². The van der Waals surface area contributed by atoms with E-state index in [0.29, 0.717) is 38.3 Å². The maximum atomic E-state index is 12.7. The Balaban J connectivity index is 1.99. The minimum absolute atomic E-state index is 0.0398. The van der Waals surface area contributed by atoms with Crippen molar-refractivity contribution in [3.05, 3.63) is 22.8 Å². The first-order chi connectivity index (χ1) is 11.5. The highest BCUT2D eigenvalue weighted by Crippen LogP contribution is 2.34. The lowest BCUT2D eigenvalue weighted by molar-refractivity contribution is -0.137.